The van der Waals surface area contributed by atoms with Gasteiger partial charge >= 0.3 is 0 Å². The molecule has 0 bridgehead atoms. The normalized spacial score (nSPS) is 10.1. The molecule has 0 saturated heterocycles. The van der Waals surface area contributed by atoms with Crippen molar-refractivity contribution in [2.45, 2.75) is 27.3 Å². The minimum atomic E-state index is -0.551. The van der Waals surface area contributed by atoms with Gasteiger partial charge in [-0.15, -0.1) is 0 Å². The van der Waals surface area contributed by atoms with E-state index < -0.39 is 5.56 Å². The Bertz CT molecular complexity index is 831. The number of nitriles is 1. The van der Waals surface area contributed by atoms with Gasteiger partial charge in [0, 0.05) is 5.69 Å². The standard InChI is InChI=1S/C16H16N4O2/c1-10-5-4-6-13(7-10)18-15(21)9-20-16(22)14(8-17)11(2)12(3)19-20/h4-7H,9H2,1-3H3,(H,18,21). The molecule has 0 spiro atoms. The van der Waals surface area contributed by atoms with Gasteiger partial charge in [-0.2, -0.15) is 10.4 Å². The molecule has 2 rings (SSSR count). The Morgan fingerprint density at radius 2 is 2.09 bits per heavy atom. The van der Waals surface area contributed by atoms with E-state index >= 15 is 0 Å². The fourth-order valence-corrected chi connectivity index (χ4v) is 2.07. The highest BCUT2D eigenvalue weighted by Gasteiger charge is 2.13. The molecule has 1 amide bonds. The lowest BCUT2D eigenvalue weighted by Crippen LogP contribution is -2.32. The lowest BCUT2D eigenvalue weighted by atomic mass is 10.1. The van der Waals surface area contributed by atoms with Crippen molar-refractivity contribution in [3.05, 3.63) is 57.0 Å². The Morgan fingerprint density at radius 3 is 2.73 bits per heavy atom. The maximum absolute atomic E-state index is 12.1. The van der Waals surface area contributed by atoms with Gasteiger partial charge in [-0.3, -0.25) is 9.59 Å². The van der Waals surface area contributed by atoms with Crippen LogP contribution in [0, 0.1) is 32.1 Å². The molecule has 6 nitrogen and oxygen atoms in total. The Labute approximate surface area is 128 Å². The number of nitrogens with one attached hydrogen (secondary N) is 1. The number of aryl methyl sites for hydroxylation is 2. The number of anilines is 1. The van der Waals surface area contributed by atoms with E-state index in [1.165, 1.54) is 0 Å². The number of hydrogen-bond acceptors (Lipinski definition) is 4. The quantitative estimate of drug-likeness (QED) is 0.933. The maximum Gasteiger partial charge on any atom is 0.285 e. The summed E-state index contributed by atoms with van der Waals surface area (Å²) in [6.45, 7) is 5.05. The van der Waals surface area contributed by atoms with Gasteiger partial charge in [0.1, 0.15) is 18.2 Å². The molecule has 0 atom stereocenters. The van der Waals surface area contributed by atoms with E-state index in [0.717, 1.165) is 10.2 Å². The maximum atomic E-state index is 12.1. The van der Waals surface area contributed by atoms with Crippen LogP contribution in [0.5, 0.6) is 0 Å². The van der Waals surface area contributed by atoms with Crippen LogP contribution >= 0.6 is 0 Å². The summed E-state index contributed by atoms with van der Waals surface area (Å²) in [6, 6.07) is 9.22. The molecule has 22 heavy (non-hydrogen) atoms. The third-order valence-electron chi connectivity index (χ3n) is 3.34. The average molecular weight is 296 g/mol. The van der Waals surface area contributed by atoms with Gasteiger partial charge < -0.3 is 5.32 Å². The zero-order valence-electron chi connectivity index (χ0n) is 12.7. The molecule has 1 N–H and O–H groups in total. The number of hydrogen-bond donors (Lipinski definition) is 1. The molecule has 1 heterocycles. The van der Waals surface area contributed by atoms with Crippen LogP contribution in [-0.2, 0) is 11.3 Å². The highest BCUT2D eigenvalue weighted by atomic mass is 16.2. The molecule has 0 unspecified atom stereocenters. The third-order valence-corrected chi connectivity index (χ3v) is 3.34. The summed E-state index contributed by atoms with van der Waals surface area (Å²) in [5.41, 5.74) is 2.25. The van der Waals surface area contributed by atoms with Crippen LogP contribution in [0.1, 0.15) is 22.4 Å². The molecular weight excluding hydrogens is 280 g/mol. The first-order valence-corrected chi connectivity index (χ1v) is 6.77. The van der Waals surface area contributed by atoms with E-state index in [2.05, 4.69) is 10.4 Å². The summed E-state index contributed by atoms with van der Waals surface area (Å²) in [5, 5.41) is 15.8. The van der Waals surface area contributed by atoms with Crippen molar-refractivity contribution in [1.29, 1.82) is 5.26 Å². The van der Waals surface area contributed by atoms with Gasteiger partial charge in [-0.25, -0.2) is 4.68 Å². The molecule has 0 fully saturated rings. The highest BCUT2D eigenvalue weighted by Crippen LogP contribution is 2.09. The fraction of sp³-hybridized carbons (Fsp3) is 0.250. The van der Waals surface area contributed by atoms with Gasteiger partial charge in [0.2, 0.25) is 5.91 Å². The summed E-state index contributed by atoms with van der Waals surface area (Å²) in [6.07, 6.45) is 0. The van der Waals surface area contributed by atoms with E-state index in [9.17, 15) is 9.59 Å². The van der Waals surface area contributed by atoms with Crippen LogP contribution in [-0.4, -0.2) is 15.7 Å². The first kappa shape index (κ1) is 15.4. The van der Waals surface area contributed by atoms with Crippen molar-refractivity contribution in [2.75, 3.05) is 5.32 Å². The van der Waals surface area contributed by atoms with Gasteiger partial charge in [0.25, 0.3) is 5.56 Å². The first-order valence-electron chi connectivity index (χ1n) is 6.77. The van der Waals surface area contributed by atoms with Gasteiger partial charge in [-0.05, 0) is 44.0 Å². The lowest BCUT2D eigenvalue weighted by Gasteiger charge is -2.10. The van der Waals surface area contributed by atoms with Crippen LogP contribution in [0.3, 0.4) is 0 Å². The highest BCUT2D eigenvalue weighted by molar-refractivity contribution is 5.90. The number of carbonyl (C=O) groups excluding carboxylic acids is 1. The summed E-state index contributed by atoms with van der Waals surface area (Å²) in [5.74, 6) is -0.368. The van der Waals surface area contributed by atoms with Crippen LogP contribution in [0.4, 0.5) is 5.69 Å². The van der Waals surface area contributed by atoms with Crippen LogP contribution in [0.25, 0.3) is 0 Å². The molecule has 112 valence electrons. The molecule has 1 aromatic heterocycles. The van der Waals surface area contributed by atoms with Crippen molar-refractivity contribution in [2.24, 2.45) is 0 Å². The number of benzene rings is 1. The van der Waals surface area contributed by atoms with E-state index in [0.29, 0.717) is 16.9 Å². The molecule has 1 aromatic carbocycles. The topological polar surface area (TPSA) is 87.8 Å². The minimum absolute atomic E-state index is 0.0239. The van der Waals surface area contributed by atoms with Crippen molar-refractivity contribution >= 4 is 11.6 Å². The predicted octanol–water partition coefficient (Wildman–Crippen LogP) is 1.68. The third kappa shape index (κ3) is 3.20. The molecule has 0 aliphatic heterocycles. The number of aromatic nitrogens is 2. The van der Waals surface area contributed by atoms with Crippen LogP contribution in [0.2, 0.25) is 0 Å². The SMILES string of the molecule is Cc1cccc(NC(=O)Cn2nc(C)c(C)c(C#N)c2=O)c1. The van der Waals surface area contributed by atoms with Crippen LogP contribution < -0.4 is 10.9 Å². The lowest BCUT2D eigenvalue weighted by molar-refractivity contribution is -0.117. The molecule has 0 saturated carbocycles. The van der Waals surface area contributed by atoms with Crippen molar-refractivity contribution in [3.8, 4) is 6.07 Å². The summed E-state index contributed by atoms with van der Waals surface area (Å²) >= 11 is 0. The Kier molecular flexibility index (Phi) is 4.37. The number of nitrogens with zero attached hydrogens (tertiary/aromatic N) is 3. The van der Waals surface area contributed by atoms with Gasteiger partial charge in [0.05, 0.1) is 5.69 Å². The zero-order valence-corrected chi connectivity index (χ0v) is 12.7. The van der Waals surface area contributed by atoms with Crippen molar-refractivity contribution in [1.82, 2.24) is 9.78 Å². The molecule has 0 aliphatic rings. The largest absolute Gasteiger partial charge is 0.324 e. The van der Waals surface area contributed by atoms with Crippen LogP contribution in [0.15, 0.2) is 29.1 Å². The second-order valence-electron chi connectivity index (χ2n) is 5.08. The second kappa shape index (κ2) is 6.22. The Morgan fingerprint density at radius 1 is 1.36 bits per heavy atom. The van der Waals surface area contributed by atoms with Gasteiger partial charge in [-0.1, -0.05) is 12.1 Å². The number of carbonyl (C=O) groups is 1. The molecular formula is C16H16N4O2. The molecule has 0 aliphatic carbocycles. The summed E-state index contributed by atoms with van der Waals surface area (Å²) in [4.78, 5) is 24.2. The minimum Gasteiger partial charge on any atom is -0.324 e. The number of rotatable bonds is 3. The second-order valence-corrected chi connectivity index (χ2v) is 5.08. The fourth-order valence-electron chi connectivity index (χ4n) is 2.07. The number of amides is 1. The predicted molar refractivity (Wildman–Crippen MR) is 82.5 cm³/mol. The van der Waals surface area contributed by atoms with Crippen molar-refractivity contribution in [3.63, 3.8) is 0 Å². The van der Waals surface area contributed by atoms with E-state index in [-0.39, 0.29) is 18.0 Å². The van der Waals surface area contributed by atoms with E-state index in [1.807, 2.05) is 31.2 Å². The zero-order chi connectivity index (χ0) is 16.3. The monoisotopic (exact) mass is 296 g/mol. The summed E-state index contributed by atoms with van der Waals surface area (Å²) in [7, 11) is 0. The average Bonchev–Trinajstić information content (AvgIpc) is 2.45. The Balaban J connectivity index is 2.24. The molecule has 0 radical (unpaired) electrons. The Hall–Kier alpha value is -2.94. The smallest absolute Gasteiger partial charge is 0.285 e. The summed E-state index contributed by atoms with van der Waals surface area (Å²) < 4.78 is 1.02. The van der Waals surface area contributed by atoms with Gasteiger partial charge in [0.15, 0.2) is 0 Å². The first-order chi connectivity index (χ1) is 10.4. The molecule has 2 aromatic rings. The van der Waals surface area contributed by atoms with E-state index in [1.54, 1.807) is 19.9 Å². The van der Waals surface area contributed by atoms with Crippen molar-refractivity contribution < 1.29 is 4.79 Å². The molecule has 6 heteroatoms. The van der Waals surface area contributed by atoms with E-state index in [4.69, 9.17) is 5.26 Å².